The van der Waals surface area contributed by atoms with Gasteiger partial charge in [-0.05, 0) is 24.8 Å². The number of aromatic nitrogens is 1. The second kappa shape index (κ2) is 10.8. The van der Waals surface area contributed by atoms with Crippen LogP contribution in [0.15, 0.2) is 35.7 Å². The summed E-state index contributed by atoms with van der Waals surface area (Å²) in [6.45, 7) is 4.60. The predicted molar refractivity (Wildman–Crippen MR) is 102 cm³/mol. The van der Waals surface area contributed by atoms with E-state index >= 15 is 0 Å². The zero-order chi connectivity index (χ0) is 17.9. The van der Waals surface area contributed by atoms with Gasteiger partial charge in [0.15, 0.2) is 0 Å². The molecule has 2 amide bonds. The summed E-state index contributed by atoms with van der Waals surface area (Å²) in [6, 6.07) is 10.2. The van der Waals surface area contributed by atoms with Crippen LogP contribution < -0.4 is 5.32 Å². The van der Waals surface area contributed by atoms with Crippen molar-refractivity contribution < 1.29 is 9.53 Å². The lowest BCUT2D eigenvalue weighted by atomic mass is 10.2. The SMILES string of the molecule is CCc1nc(CN(C)C(=O)NCCCOCCc2ccccc2)cs1. The first-order valence-corrected chi connectivity index (χ1v) is 9.61. The molecule has 0 radical (unpaired) electrons. The molecule has 5 nitrogen and oxygen atoms in total. The van der Waals surface area contributed by atoms with Crippen LogP contribution in [0.25, 0.3) is 0 Å². The summed E-state index contributed by atoms with van der Waals surface area (Å²) in [5.41, 5.74) is 2.23. The number of hydrogen-bond donors (Lipinski definition) is 1. The Labute approximate surface area is 154 Å². The average Bonchev–Trinajstić information content (AvgIpc) is 3.09. The Morgan fingerprint density at radius 1 is 1.28 bits per heavy atom. The van der Waals surface area contributed by atoms with Gasteiger partial charge >= 0.3 is 6.03 Å². The maximum Gasteiger partial charge on any atom is 0.317 e. The van der Waals surface area contributed by atoms with Gasteiger partial charge in [0.05, 0.1) is 23.9 Å². The number of nitrogens with one attached hydrogen (secondary N) is 1. The van der Waals surface area contributed by atoms with Gasteiger partial charge in [-0.3, -0.25) is 0 Å². The molecule has 136 valence electrons. The molecule has 0 aliphatic heterocycles. The highest BCUT2D eigenvalue weighted by Gasteiger charge is 2.10. The van der Waals surface area contributed by atoms with E-state index in [1.807, 2.05) is 23.6 Å². The van der Waals surface area contributed by atoms with Gasteiger partial charge in [-0.1, -0.05) is 37.3 Å². The summed E-state index contributed by atoms with van der Waals surface area (Å²) >= 11 is 1.64. The number of rotatable bonds is 10. The number of nitrogens with zero attached hydrogens (tertiary/aromatic N) is 2. The maximum atomic E-state index is 12.0. The Kier molecular flexibility index (Phi) is 8.42. The lowest BCUT2D eigenvalue weighted by molar-refractivity contribution is 0.134. The first-order valence-electron chi connectivity index (χ1n) is 8.73. The molecule has 1 aromatic heterocycles. The van der Waals surface area contributed by atoms with Crippen LogP contribution in [0, 0.1) is 0 Å². The van der Waals surface area contributed by atoms with E-state index in [1.165, 1.54) is 5.56 Å². The van der Waals surface area contributed by atoms with Crippen molar-refractivity contribution in [2.45, 2.75) is 32.7 Å². The predicted octanol–water partition coefficient (Wildman–Crippen LogP) is 3.50. The second-order valence-corrected chi connectivity index (χ2v) is 6.82. The number of carbonyl (C=O) groups excluding carboxylic acids is 1. The molecule has 2 aromatic rings. The Hall–Kier alpha value is -1.92. The van der Waals surface area contributed by atoms with Crippen LogP contribution in [0.5, 0.6) is 0 Å². The molecule has 0 unspecified atom stereocenters. The zero-order valence-electron chi connectivity index (χ0n) is 15.0. The van der Waals surface area contributed by atoms with Crippen LogP contribution >= 0.6 is 11.3 Å². The monoisotopic (exact) mass is 361 g/mol. The Morgan fingerprint density at radius 3 is 2.80 bits per heavy atom. The average molecular weight is 362 g/mol. The van der Waals surface area contributed by atoms with Gasteiger partial charge in [-0.15, -0.1) is 11.3 Å². The first kappa shape index (κ1) is 19.4. The van der Waals surface area contributed by atoms with Crippen LogP contribution in [-0.4, -0.2) is 42.7 Å². The molecule has 25 heavy (non-hydrogen) atoms. The number of ether oxygens (including phenoxy) is 1. The summed E-state index contributed by atoms with van der Waals surface area (Å²) < 4.78 is 5.62. The van der Waals surface area contributed by atoms with Crippen molar-refractivity contribution in [1.29, 1.82) is 0 Å². The zero-order valence-corrected chi connectivity index (χ0v) is 15.8. The van der Waals surface area contributed by atoms with Gasteiger partial charge < -0.3 is 15.0 Å². The summed E-state index contributed by atoms with van der Waals surface area (Å²) in [5.74, 6) is 0. The molecule has 0 bridgehead atoms. The number of amides is 2. The van der Waals surface area contributed by atoms with E-state index in [4.69, 9.17) is 4.74 Å². The van der Waals surface area contributed by atoms with Crippen molar-refractivity contribution >= 4 is 17.4 Å². The van der Waals surface area contributed by atoms with Crippen molar-refractivity contribution in [3.05, 3.63) is 52.0 Å². The van der Waals surface area contributed by atoms with Crippen LogP contribution in [0.1, 0.15) is 29.6 Å². The fraction of sp³-hybridized carbons (Fsp3) is 0.474. The van der Waals surface area contributed by atoms with Gasteiger partial charge in [-0.2, -0.15) is 0 Å². The van der Waals surface area contributed by atoms with Crippen molar-refractivity contribution in [1.82, 2.24) is 15.2 Å². The minimum atomic E-state index is -0.0738. The van der Waals surface area contributed by atoms with Crippen molar-refractivity contribution in [3.63, 3.8) is 0 Å². The van der Waals surface area contributed by atoms with E-state index < -0.39 is 0 Å². The number of benzene rings is 1. The van der Waals surface area contributed by atoms with Crippen LogP contribution in [-0.2, 0) is 24.1 Å². The van der Waals surface area contributed by atoms with Gasteiger partial charge in [0.2, 0.25) is 0 Å². The summed E-state index contributed by atoms with van der Waals surface area (Å²) in [6.07, 6.45) is 2.67. The molecular weight excluding hydrogens is 334 g/mol. The molecular formula is C19H27N3O2S. The molecule has 0 saturated carbocycles. The number of carbonyl (C=O) groups is 1. The molecule has 0 fully saturated rings. The van der Waals surface area contributed by atoms with Crippen molar-refractivity contribution in [2.75, 3.05) is 26.8 Å². The molecule has 6 heteroatoms. The van der Waals surface area contributed by atoms with Crippen molar-refractivity contribution in [3.8, 4) is 0 Å². The normalized spacial score (nSPS) is 10.6. The Balaban J connectivity index is 1.52. The van der Waals surface area contributed by atoms with E-state index in [0.29, 0.717) is 26.3 Å². The Morgan fingerprint density at radius 2 is 2.08 bits per heavy atom. The van der Waals surface area contributed by atoms with E-state index in [0.717, 1.165) is 30.0 Å². The minimum Gasteiger partial charge on any atom is -0.381 e. The number of thiazole rings is 1. The van der Waals surface area contributed by atoms with Gasteiger partial charge in [0.1, 0.15) is 0 Å². The number of urea groups is 1. The third-order valence-electron chi connectivity index (χ3n) is 3.77. The number of hydrogen-bond acceptors (Lipinski definition) is 4. The molecule has 0 spiro atoms. The topological polar surface area (TPSA) is 54.5 Å². The molecule has 0 atom stereocenters. The minimum absolute atomic E-state index is 0.0738. The van der Waals surface area contributed by atoms with Gasteiger partial charge in [0, 0.05) is 25.6 Å². The second-order valence-electron chi connectivity index (χ2n) is 5.88. The quantitative estimate of drug-likeness (QED) is 0.659. The van der Waals surface area contributed by atoms with Crippen LogP contribution in [0.4, 0.5) is 4.79 Å². The Bertz CT molecular complexity index is 631. The highest BCUT2D eigenvalue weighted by molar-refractivity contribution is 7.09. The number of aryl methyl sites for hydroxylation is 1. The lowest BCUT2D eigenvalue weighted by Gasteiger charge is -2.16. The summed E-state index contributed by atoms with van der Waals surface area (Å²) in [7, 11) is 1.79. The molecule has 0 aliphatic carbocycles. The molecule has 2 rings (SSSR count). The highest BCUT2D eigenvalue weighted by Crippen LogP contribution is 2.11. The lowest BCUT2D eigenvalue weighted by Crippen LogP contribution is -2.37. The smallest absolute Gasteiger partial charge is 0.317 e. The molecule has 1 heterocycles. The third-order valence-corrected chi connectivity index (χ3v) is 4.81. The van der Waals surface area contributed by atoms with Crippen LogP contribution in [0.3, 0.4) is 0 Å². The summed E-state index contributed by atoms with van der Waals surface area (Å²) in [4.78, 5) is 18.2. The van der Waals surface area contributed by atoms with Gasteiger partial charge in [0.25, 0.3) is 0 Å². The molecule has 1 aromatic carbocycles. The fourth-order valence-electron chi connectivity index (χ4n) is 2.34. The third kappa shape index (κ3) is 7.23. The van der Waals surface area contributed by atoms with Gasteiger partial charge in [-0.25, -0.2) is 9.78 Å². The molecule has 0 saturated heterocycles. The van der Waals surface area contributed by atoms with E-state index in [1.54, 1.807) is 23.3 Å². The largest absolute Gasteiger partial charge is 0.381 e. The van der Waals surface area contributed by atoms with E-state index in [2.05, 4.69) is 29.4 Å². The fourth-order valence-corrected chi connectivity index (χ4v) is 3.08. The molecule has 1 N–H and O–H groups in total. The van der Waals surface area contributed by atoms with Crippen LogP contribution in [0.2, 0.25) is 0 Å². The summed E-state index contributed by atoms with van der Waals surface area (Å²) in [5, 5.41) is 6.04. The van der Waals surface area contributed by atoms with E-state index in [9.17, 15) is 4.79 Å². The standard InChI is InChI=1S/C19H27N3O2S/c1-3-18-21-17(15-25-18)14-22(2)19(23)20-11-7-12-24-13-10-16-8-5-4-6-9-16/h4-6,8-9,15H,3,7,10-14H2,1-2H3,(H,20,23). The molecule has 0 aliphatic rings. The van der Waals surface area contributed by atoms with Crippen molar-refractivity contribution in [2.24, 2.45) is 0 Å². The first-order chi connectivity index (χ1) is 12.2. The highest BCUT2D eigenvalue weighted by atomic mass is 32.1. The van der Waals surface area contributed by atoms with E-state index in [-0.39, 0.29) is 6.03 Å². The maximum absolute atomic E-state index is 12.0.